The number of pyridine rings is 1. The number of aromatic amines is 1. The van der Waals surface area contributed by atoms with E-state index in [1.165, 1.54) is 5.56 Å². The van der Waals surface area contributed by atoms with Gasteiger partial charge < -0.3 is 4.98 Å². The average molecular weight is 201 g/mol. The topological polar surface area (TPSA) is 32.9 Å². The molecule has 2 rings (SSSR count). The number of benzene rings is 1. The Morgan fingerprint density at radius 1 is 1.13 bits per heavy atom. The molecule has 1 heterocycles. The summed E-state index contributed by atoms with van der Waals surface area (Å²) in [5.41, 5.74) is 1.25. The fraction of sp³-hybridized carbons (Fsp3) is 0.308. The summed E-state index contributed by atoms with van der Waals surface area (Å²) in [7, 11) is 0. The van der Waals surface area contributed by atoms with Gasteiger partial charge in [0.1, 0.15) is 0 Å². The second kappa shape index (κ2) is 3.23. The summed E-state index contributed by atoms with van der Waals surface area (Å²) in [6.07, 6.45) is 1.68. The van der Waals surface area contributed by atoms with Gasteiger partial charge in [0.25, 0.3) is 5.56 Å². The van der Waals surface area contributed by atoms with E-state index in [0.29, 0.717) is 0 Å². The van der Waals surface area contributed by atoms with Gasteiger partial charge in [0, 0.05) is 11.6 Å². The molecule has 0 aliphatic carbocycles. The van der Waals surface area contributed by atoms with Crippen LogP contribution < -0.4 is 5.56 Å². The zero-order valence-electron chi connectivity index (χ0n) is 9.29. The summed E-state index contributed by atoms with van der Waals surface area (Å²) < 4.78 is 0. The maximum Gasteiger partial charge on any atom is 0.255 e. The van der Waals surface area contributed by atoms with Crippen LogP contribution >= 0.6 is 0 Å². The fourth-order valence-electron chi connectivity index (χ4n) is 1.65. The van der Waals surface area contributed by atoms with E-state index in [1.54, 1.807) is 6.20 Å². The SMILES string of the molecule is CC(C)(C)c1ccc2cc[nH]c(=O)c2c1. The van der Waals surface area contributed by atoms with Gasteiger partial charge in [-0.2, -0.15) is 0 Å². The minimum absolute atomic E-state index is 0.0152. The molecule has 78 valence electrons. The van der Waals surface area contributed by atoms with E-state index >= 15 is 0 Å². The van der Waals surface area contributed by atoms with Crippen LogP contribution in [-0.4, -0.2) is 4.98 Å². The molecule has 0 saturated carbocycles. The zero-order chi connectivity index (χ0) is 11.1. The van der Waals surface area contributed by atoms with Crippen LogP contribution in [-0.2, 0) is 5.41 Å². The minimum atomic E-state index is -0.0152. The number of H-pyrrole nitrogens is 1. The van der Waals surface area contributed by atoms with Crippen LogP contribution in [0, 0.1) is 0 Å². The maximum absolute atomic E-state index is 11.6. The van der Waals surface area contributed by atoms with Gasteiger partial charge in [-0.05, 0) is 28.5 Å². The van der Waals surface area contributed by atoms with Crippen LogP contribution in [0.25, 0.3) is 10.8 Å². The molecule has 0 saturated heterocycles. The van der Waals surface area contributed by atoms with E-state index in [1.807, 2.05) is 18.2 Å². The number of hydrogen-bond donors (Lipinski definition) is 1. The molecule has 2 nitrogen and oxygen atoms in total. The summed E-state index contributed by atoms with van der Waals surface area (Å²) in [5, 5.41) is 1.76. The Morgan fingerprint density at radius 3 is 2.53 bits per heavy atom. The summed E-state index contributed by atoms with van der Waals surface area (Å²) in [6, 6.07) is 7.99. The second-order valence-electron chi connectivity index (χ2n) is 4.86. The molecule has 1 aromatic heterocycles. The Balaban J connectivity index is 2.76. The van der Waals surface area contributed by atoms with Crippen molar-refractivity contribution in [3.05, 3.63) is 46.4 Å². The summed E-state index contributed by atoms with van der Waals surface area (Å²) in [4.78, 5) is 14.3. The lowest BCUT2D eigenvalue weighted by atomic mass is 9.86. The van der Waals surface area contributed by atoms with E-state index in [2.05, 4.69) is 31.8 Å². The normalized spacial score (nSPS) is 11.9. The van der Waals surface area contributed by atoms with Crippen LogP contribution in [0.4, 0.5) is 0 Å². The van der Waals surface area contributed by atoms with Gasteiger partial charge in [0.05, 0.1) is 0 Å². The highest BCUT2D eigenvalue weighted by atomic mass is 16.1. The molecule has 0 fully saturated rings. The Hall–Kier alpha value is -1.57. The molecule has 0 atom stereocenters. The monoisotopic (exact) mass is 201 g/mol. The first-order chi connectivity index (χ1) is 6.98. The maximum atomic E-state index is 11.6. The molecule has 0 aliphatic rings. The zero-order valence-corrected chi connectivity index (χ0v) is 9.29. The van der Waals surface area contributed by atoms with E-state index in [4.69, 9.17) is 0 Å². The van der Waals surface area contributed by atoms with Crippen molar-refractivity contribution in [2.75, 3.05) is 0 Å². The van der Waals surface area contributed by atoms with Gasteiger partial charge in [-0.25, -0.2) is 0 Å². The minimum Gasteiger partial charge on any atom is -0.329 e. The summed E-state index contributed by atoms with van der Waals surface area (Å²) in [6.45, 7) is 6.43. The number of fused-ring (bicyclic) bond motifs is 1. The third-order valence-electron chi connectivity index (χ3n) is 2.64. The molecule has 0 radical (unpaired) electrons. The first kappa shape index (κ1) is 9.97. The third-order valence-corrected chi connectivity index (χ3v) is 2.64. The van der Waals surface area contributed by atoms with E-state index in [-0.39, 0.29) is 11.0 Å². The molecule has 1 N–H and O–H groups in total. The van der Waals surface area contributed by atoms with Gasteiger partial charge in [0.15, 0.2) is 0 Å². The standard InChI is InChI=1S/C13H15NO/c1-13(2,3)10-5-4-9-6-7-14-12(15)11(9)8-10/h4-8H,1-3H3,(H,14,15). The quantitative estimate of drug-likeness (QED) is 0.698. The molecule has 0 amide bonds. The van der Waals surface area contributed by atoms with Crippen LogP contribution in [0.2, 0.25) is 0 Å². The molecule has 0 aliphatic heterocycles. The predicted molar refractivity (Wildman–Crippen MR) is 63.3 cm³/mol. The molecule has 1 aromatic carbocycles. The Kier molecular flexibility index (Phi) is 2.14. The predicted octanol–water partition coefficient (Wildman–Crippen LogP) is 2.83. The summed E-state index contributed by atoms with van der Waals surface area (Å²) >= 11 is 0. The highest BCUT2D eigenvalue weighted by molar-refractivity contribution is 5.82. The third kappa shape index (κ3) is 1.80. The first-order valence-corrected chi connectivity index (χ1v) is 5.10. The highest BCUT2D eigenvalue weighted by Crippen LogP contribution is 2.24. The van der Waals surface area contributed by atoms with Gasteiger partial charge in [0.2, 0.25) is 0 Å². The Morgan fingerprint density at radius 2 is 1.87 bits per heavy atom. The highest BCUT2D eigenvalue weighted by Gasteiger charge is 2.14. The van der Waals surface area contributed by atoms with Gasteiger partial charge >= 0.3 is 0 Å². The molecule has 2 heteroatoms. The number of aromatic nitrogens is 1. The smallest absolute Gasteiger partial charge is 0.255 e. The van der Waals surface area contributed by atoms with E-state index < -0.39 is 0 Å². The Bertz CT molecular complexity index is 546. The molecule has 0 bridgehead atoms. The molecular formula is C13H15NO. The molecule has 2 aromatic rings. The van der Waals surface area contributed by atoms with Gasteiger partial charge in [-0.3, -0.25) is 4.79 Å². The second-order valence-corrected chi connectivity index (χ2v) is 4.86. The lowest BCUT2D eigenvalue weighted by molar-refractivity contribution is 0.591. The van der Waals surface area contributed by atoms with Crippen molar-refractivity contribution in [1.82, 2.24) is 4.98 Å². The van der Waals surface area contributed by atoms with Crippen molar-refractivity contribution in [1.29, 1.82) is 0 Å². The van der Waals surface area contributed by atoms with E-state index in [0.717, 1.165) is 10.8 Å². The number of rotatable bonds is 0. The molecular weight excluding hydrogens is 186 g/mol. The van der Waals surface area contributed by atoms with Crippen LogP contribution in [0.1, 0.15) is 26.3 Å². The van der Waals surface area contributed by atoms with Crippen LogP contribution in [0.3, 0.4) is 0 Å². The number of nitrogens with one attached hydrogen (secondary N) is 1. The average Bonchev–Trinajstić information content (AvgIpc) is 2.16. The van der Waals surface area contributed by atoms with Crippen LogP contribution in [0.5, 0.6) is 0 Å². The fourth-order valence-corrected chi connectivity index (χ4v) is 1.65. The largest absolute Gasteiger partial charge is 0.329 e. The van der Waals surface area contributed by atoms with Crippen molar-refractivity contribution in [3.8, 4) is 0 Å². The Labute approximate surface area is 89.0 Å². The lowest BCUT2D eigenvalue weighted by Gasteiger charge is -2.19. The van der Waals surface area contributed by atoms with Crippen molar-refractivity contribution in [2.45, 2.75) is 26.2 Å². The van der Waals surface area contributed by atoms with Crippen molar-refractivity contribution >= 4 is 10.8 Å². The first-order valence-electron chi connectivity index (χ1n) is 5.10. The van der Waals surface area contributed by atoms with E-state index in [9.17, 15) is 4.79 Å². The van der Waals surface area contributed by atoms with Crippen LogP contribution in [0.15, 0.2) is 35.3 Å². The summed E-state index contributed by atoms with van der Waals surface area (Å²) in [5.74, 6) is 0. The molecule has 0 spiro atoms. The molecule has 15 heavy (non-hydrogen) atoms. The van der Waals surface area contributed by atoms with Crippen molar-refractivity contribution < 1.29 is 0 Å². The van der Waals surface area contributed by atoms with Gasteiger partial charge in [-0.15, -0.1) is 0 Å². The van der Waals surface area contributed by atoms with Gasteiger partial charge in [-0.1, -0.05) is 32.9 Å². The molecule has 0 unspecified atom stereocenters. The van der Waals surface area contributed by atoms with Crippen molar-refractivity contribution in [2.24, 2.45) is 0 Å². The van der Waals surface area contributed by atoms with Crippen molar-refractivity contribution in [3.63, 3.8) is 0 Å². The lowest BCUT2D eigenvalue weighted by Crippen LogP contribution is -2.12. The number of hydrogen-bond acceptors (Lipinski definition) is 1.